The summed E-state index contributed by atoms with van der Waals surface area (Å²) in [6.45, 7) is 0.248. The van der Waals surface area contributed by atoms with Gasteiger partial charge >= 0.3 is 0 Å². The summed E-state index contributed by atoms with van der Waals surface area (Å²) in [4.78, 5) is 39.1. The van der Waals surface area contributed by atoms with Gasteiger partial charge in [-0.2, -0.15) is 0 Å². The smallest absolute Gasteiger partial charge is 0.276 e. The number of thiazole rings is 1. The van der Waals surface area contributed by atoms with Crippen LogP contribution < -0.4 is 10.9 Å². The van der Waals surface area contributed by atoms with Gasteiger partial charge in [0.05, 0.1) is 5.51 Å². The lowest BCUT2D eigenvalue weighted by Gasteiger charge is -2.08. The van der Waals surface area contributed by atoms with Crippen molar-refractivity contribution < 1.29 is 4.79 Å². The standard InChI is InChI=1S/C13H10N6O2S/c1-18-6-19-8(13(18)21)3-2-7(12(19)20)17-10-9-11(15-4-14-10)22-5-16-9/h2-5H,6H2,1H3,(H,14,15,17). The Morgan fingerprint density at radius 1 is 1.23 bits per heavy atom. The molecule has 0 unspecified atom stereocenters. The van der Waals surface area contributed by atoms with E-state index in [4.69, 9.17) is 0 Å². The minimum absolute atomic E-state index is 0.160. The molecule has 4 rings (SSSR count). The van der Waals surface area contributed by atoms with Crippen molar-refractivity contribution in [2.75, 3.05) is 12.4 Å². The minimum atomic E-state index is -0.266. The van der Waals surface area contributed by atoms with Crippen molar-refractivity contribution in [3.63, 3.8) is 0 Å². The van der Waals surface area contributed by atoms with Gasteiger partial charge in [0.25, 0.3) is 11.5 Å². The van der Waals surface area contributed by atoms with Crippen LogP contribution in [0.15, 0.2) is 28.8 Å². The molecule has 0 bridgehead atoms. The molecule has 4 heterocycles. The molecule has 3 aromatic heterocycles. The van der Waals surface area contributed by atoms with Crippen LogP contribution in [0.1, 0.15) is 10.5 Å². The third-order valence-corrected chi connectivity index (χ3v) is 4.21. The maximum Gasteiger partial charge on any atom is 0.276 e. The van der Waals surface area contributed by atoms with Gasteiger partial charge in [-0.25, -0.2) is 15.0 Å². The number of carbonyl (C=O) groups is 1. The zero-order chi connectivity index (χ0) is 15.3. The quantitative estimate of drug-likeness (QED) is 0.759. The summed E-state index contributed by atoms with van der Waals surface area (Å²) < 4.78 is 1.43. The molecule has 1 amide bonds. The van der Waals surface area contributed by atoms with Gasteiger partial charge in [-0.15, -0.1) is 11.3 Å². The summed E-state index contributed by atoms with van der Waals surface area (Å²) in [6, 6.07) is 3.22. The van der Waals surface area contributed by atoms with Crippen LogP contribution in [0.3, 0.4) is 0 Å². The molecular formula is C13H10N6O2S. The van der Waals surface area contributed by atoms with E-state index in [0.29, 0.717) is 22.7 Å². The number of rotatable bonds is 2. The first-order valence-electron chi connectivity index (χ1n) is 6.45. The summed E-state index contributed by atoms with van der Waals surface area (Å²) >= 11 is 1.40. The molecule has 3 aromatic rings. The molecule has 0 saturated carbocycles. The van der Waals surface area contributed by atoms with Crippen LogP contribution in [0, 0.1) is 0 Å². The van der Waals surface area contributed by atoms with E-state index in [2.05, 4.69) is 20.3 Å². The SMILES string of the molecule is CN1Cn2c(ccc(Nc3ncnc4scnc34)c2=O)C1=O. The van der Waals surface area contributed by atoms with Crippen molar-refractivity contribution in [1.29, 1.82) is 0 Å². The molecule has 1 N–H and O–H groups in total. The van der Waals surface area contributed by atoms with Crippen LogP contribution >= 0.6 is 11.3 Å². The monoisotopic (exact) mass is 314 g/mol. The first-order chi connectivity index (χ1) is 10.6. The number of nitrogens with zero attached hydrogens (tertiary/aromatic N) is 5. The van der Waals surface area contributed by atoms with Crippen molar-refractivity contribution in [3.05, 3.63) is 40.0 Å². The van der Waals surface area contributed by atoms with Crippen LogP contribution in [0.25, 0.3) is 10.3 Å². The molecule has 0 saturated heterocycles. The Kier molecular flexibility index (Phi) is 2.70. The summed E-state index contributed by atoms with van der Waals surface area (Å²) in [6.07, 6.45) is 1.42. The number of fused-ring (bicyclic) bond motifs is 2. The van der Waals surface area contributed by atoms with E-state index in [-0.39, 0.29) is 18.1 Å². The third kappa shape index (κ3) is 1.79. The lowest BCUT2D eigenvalue weighted by Crippen LogP contribution is -2.24. The summed E-state index contributed by atoms with van der Waals surface area (Å²) in [5.74, 6) is 0.314. The molecule has 0 aromatic carbocycles. The Morgan fingerprint density at radius 3 is 2.95 bits per heavy atom. The van der Waals surface area contributed by atoms with Crippen LogP contribution in [-0.4, -0.2) is 37.4 Å². The Morgan fingerprint density at radius 2 is 2.09 bits per heavy atom. The highest BCUT2D eigenvalue weighted by atomic mass is 32.1. The molecule has 0 aliphatic carbocycles. The van der Waals surface area contributed by atoms with Crippen molar-refractivity contribution >= 4 is 39.1 Å². The number of aromatic nitrogens is 4. The first-order valence-corrected chi connectivity index (χ1v) is 7.33. The zero-order valence-corrected chi connectivity index (χ0v) is 12.3. The average molecular weight is 314 g/mol. The molecule has 0 radical (unpaired) electrons. The summed E-state index contributed by atoms with van der Waals surface area (Å²) in [5, 5.41) is 2.99. The molecular weight excluding hydrogens is 304 g/mol. The molecule has 8 nitrogen and oxygen atoms in total. The average Bonchev–Trinajstić information content (AvgIpc) is 3.09. The molecule has 1 aliphatic heterocycles. The number of amides is 1. The summed E-state index contributed by atoms with van der Waals surface area (Å²) in [5.41, 5.74) is 2.76. The van der Waals surface area contributed by atoms with Gasteiger partial charge < -0.3 is 10.2 Å². The molecule has 0 spiro atoms. The second kappa shape index (κ2) is 4.60. The lowest BCUT2D eigenvalue weighted by atomic mass is 10.3. The van der Waals surface area contributed by atoms with Crippen LogP contribution in [0.4, 0.5) is 11.5 Å². The topological polar surface area (TPSA) is 93.0 Å². The number of hydrogen-bond acceptors (Lipinski definition) is 7. The van der Waals surface area contributed by atoms with Crippen LogP contribution in [-0.2, 0) is 6.67 Å². The lowest BCUT2D eigenvalue weighted by molar-refractivity contribution is 0.0811. The number of nitrogens with one attached hydrogen (secondary N) is 1. The van der Waals surface area contributed by atoms with E-state index in [1.165, 1.54) is 27.1 Å². The highest BCUT2D eigenvalue weighted by molar-refractivity contribution is 7.16. The predicted molar refractivity (Wildman–Crippen MR) is 81.3 cm³/mol. The van der Waals surface area contributed by atoms with Crippen molar-refractivity contribution in [3.8, 4) is 0 Å². The fraction of sp³-hybridized carbons (Fsp3) is 0.154. The number of hydrogen-bond donors (Lipinski definition) is 1. The van der Waals surface area contributed by atoms with Gasteiger partial charge in [0.2, 0.25) is 0 Å². The van der Waals surface area contributed by atoms with E-state index in [9.17, 15) is 9.59 Å². The molecule has 0 fully saturated rings. The maximum atomic E-state index is 12.5. The van der Waals surface area contributed by atoms with E-state index >= 15 is 0 Å². The van der Waals surface area contributed by atoms with E-state index in [0.717, 1.165) is 4.83 Å². The van der Waals surface area contributed by atoms with E-state index < -0.39 is 0 Å². The number of pyridine rings is 1. The van der Waals surface area contributed by atoms with Gasteiger partial charge in [-0.1, -0.05) is 0 Å². The Labute approximate surface area is 128 Å². The van der Waals surface area contributed by atoms with Crippen LogP contribution in [0.2, 0.25) is 0 Å². The van der Waals surface area contributed by atoms with Gasteiger partial charge in [-0.3, -0.25) is 14.2 Å². The summed E-state index contributed by atoms with van der Waals surface area (Å²) in [7, 11) is 1.66. The highest BCUT2D eigenvalue weighted by Crippen LogP contribution is 2.23. The number of carbonyl (C=O) groups excluding carboxylic acids is 1. The normalized spacial score (nSPS) is 13.7. The van der Waals surface area contributed by atoms with E-state index in [1.54, 1.807) is 24.7 Å². The second-order valence-corrected chi connectivity index (χ2v) is 5.70. The molecule has 1 aliphatic rings. The third-order valence-electron chi connectivity index (χ3n) is 3.48. The fourth-order valence-corrected chi connectivity index (χ4v) is 3.01. The largest absolute Gasteiger partial charge is 0.334 e. The minimum Gasteiger partial charge on any atom is -0.334 e. The molecule has 9 heteroatoms. The van der Waals surface area contributed by atoms with Crippen molar-refractivity contribution in [2.24, 2.45) is 0 Å². The Bertz CT molecular complexity index is 963. The van der Waals surface area contributed by atoms with Gasteiger partial charge in [0.15, 0.2) is 5.82 Å². The van der Waals surface area contributed by atoms with Gasteiger partial charge in [-0.05, 0) is 12.1 Å². The van der Waals surface area contributed by atoms with E-state index in [1.807, 2.05) is 0 Å². The fourth-order valence-electron chi connectivity index (χ4n) is 2.39. The van der Waals surface area contributed by atoms with Crippen molar-refractivity contribution in [1.82, 2.24) is 24.4 Å². The molecule has 0 atom stereocenters. The molecule has 22 heavy (non-hydrogen) atoms. The molecule has 110 valence electrons. The highest BCUT2D eigenvalue weighted by Gasteiger charge is 2.26. The number of anilines is 2. The van der Waals surface area contributed by atoms with Gasteiger partial charge in [0.1, 0.15) is 34.7 Å². The Hall–Kier alpha value is -2.81. The predicted octanol–water partition coefficient (Wildman–Crippen LogP) is 1.03. The maximum absolute atomic E-state index is 12.5. The Balaban J connectivity index is 1.79. The van der Waals surface area contributed by atoms with Crippen molar-refractivity contribution in [2.45, 2.75) is 6.67 Å². The van der Waals surface area contributed by atoms with Gasteiger partial charge in [0, 0.05) is 7.05 Å². The zero-order valence-electron chi connectivity index (χ0n) is 11.5. The first kappa shape index (κ1) is 12.9. The second-order valence-electron chi connectivity index (χ2n) is 4.86. The van der Waals surface area contributed by atoms with Crippen LogP contribution in [0.5, 0.6) is 0 Å².